The van der Waals surface area contributed by atoms with E-state index in [9.17, 15) is 0 Å². The molecule has 20 heavy (non-hydrogen) atoms. The summed E-state index contributed by atoms with van der Waals surface area (Å²) in [5.74, 6) is 0. The molecule has 0 amide bonds. The van der Waals surface area contributed by atoms with E-state index in [4.69, 9.17) is 9.47 Å². The van der Waals surface area contributed by atoms with E-state index in [0.717, 1.165) is 39.3 Å². The highest BCUT2D eigenvalue weighted by Crippen LogP contribution is 2.35. The first-order valence-electron chi connectivity index (χ1n) is 8.32. The normalized spacial score (nSPS) is 27.0. The Hall–Kier alpha value is -0.160. The molecule has 1 saturated carbocycles. The van der Waals surface area contributed by atoms with Crippen LogP contribution in [0.5, 0.6) is 0 Å². The molecule has 1 aliphatic carbocycles. The molecule has 0 aromatic rings. The van der Waals surface area contributed by atoms with Crippen LogP contribution < -0.4 is 5.32 Å². The largest absolute Gasteiger partial charge is 0.385 e. The number of piperazine rings is 1. The highest BCUT2D eigenvalue weighted by Gasteiger charge is 2.40. The van der Waals surface area contributed by atoms with Crippen LogP contribution in [-0.4, -0.2) is 63.0 Å². The minimum absolute atomic E-state index is 0.417. The summed E-state index contributed by atoms with van der Waals surface area (Å²) < 4.78 is 10.8. The summed E-state index contributed by atoms with van der Waals surface area (Å²) in [4.78, 5) is 2.71. The van der Waals surface area contributed by atoms with Crippen molar-refractivity contribution in [2.24, 2.45) is 0 Å². The molecule has 1 N–H and O–H groups in total. The van der Waals surface area contributed by atoms with Crippen molar-refractivity contribution in [3.8, 4) is 0 Å². The van der Waals surface area contributed by atoms with Crippen LogP contribution in [0.4, 0.5) is 0 Å². The average molecular weight is 284 g/mol. The number of hydrogen-bond donors (Lipinski definition) is 1. The molecule has 2 fully saturated rings. The molecule has 1 unspecified atom stereocenters. The van der Waals surface area contributed by atoms with E-state index in [-0.39, 0.29) is 0 Å². The van der Waals surface area contributed by atoms with Gasteiger partial charge in [-0.2, -0.15) is 0 Å². The van der Waals surface area contributed by atoms with E-state index in [1.165, 1.54) is 38.6 Å². The fourth-order valence-electron chi connectivity index (χ4n) is 3.68. The molecule has 1 spiro atoms. The molecule has 0 bridgehead atoms. The first-order valence-corrected chi connectivity index (χ1v) is 8.32. The number of methoxy groups -OCH3 is 1. The van der Waals surface area contributed by atoms with Crippen LogP contribution in [0.1, 0.15) is 45.4 Å². The Morgan fingerprint density at radius 3 is 2.70 bits per heavy atom. The van der Waals surface area contributed by atoms with Crippen LogP contribution in [0, 0.1) is 0 Å². The van der Waals surface area contributed by atoms with Gasteiger partial charge < -0.3 is 14.8 Å². The number of hydrogen-bond acceptors (Lipinski definition) is 4. The Morgan fingerprint density at radius 1 is 1.15 bits per heavy atom. The van der Waals surface area contributed by atoms with E-state index < -0.39 is 0 Å². The minimum atomic E-state index is 0.417. The summed E-state index contributed by atoms with van der Waals surface area (Å²) in [6.07, 6.45) is 7.91. The first-order chi connectivity index (χ1) is 9.77. The lowest BCUT2D eigenvalue weighted by atomic mass is 9.78. The van der Waals surface area contributed by atoms with Gasteiger partial charge in [0.25, 0.3) is 0 Å². The van der Waals surface area contributed by atoms with Gasteiger partial charge in [0.15, 0.2) is 0 Å². The third-order valence-electron chi connectivity index (χ3n) is 4.87. The molecule has 118 valence electrons. The van der Waals surface area contributed by atoms with Gasteiger partial charge >= 0.3 is 0 Å². The lowest BCUT2D eigenvalue weighted by Gasteiger charge is -2.51. The Balaban J connectivity index is 1.76. The van der Waals surface area contributed by atoms with Gasteiger partial charge in [-0.3, -0.25) is 4.90 Å². The summed E-state index contributed by atoms with van der Waals surface area (Å²) in [7, 11) is 1.74. The SMILES string of the molecule is COCCCOCCN1CC(C)NCC12CCCCC2. The van der Waals surface area contributed by atoms with Crippen LogP contribution >= 0.6 is 0 Å². The molecule has 4 nitrogen and oxygen atoms in total. The molecule has 0 radical (unpaired) electrons. The smallest absolute Gasteiger partial charge is 0.0593 e. The van der Waals surface area contributed by atoms with Crippen LogP contribution in [0.25, 0.3) is 0 Å². The second-order valence-corrected chi connectivity index (χ2v) is 6.47. The van der Waals surface area contributed by atoms with Crippen molar-refractivity contribution >= 4 is 0 Å². The summed E-state index contributed by atoms with van der Waals surface area (Å²) in [5.41, 5.74) is 0.417. The molecule has 2 rings (SSSR count). The van der Waals surface area contributed by atoms with Crippen LogP contribution in [0.15, 0.2) is 0 Å². The second kappa shape index (κ2) is 8.32. The number of ether oxygens (including phenoxy) is 2. The Labute approximate surface area is 124 Å². The van der Waals surface area contributed by atoms with Gasteiger partial charge in [0.05, 0.1) is 6.61 Å². The van der Waals surface area contributed by atoms with Gasteiger partial charge in [0, 0.05) is 51.5 Å². The maximum Gasteiger partial charge on any atom is 0.0593 e. The second-order valence-electron chi connectivity index (χ2n) is 6.47. The number of nitrogens with one attached hydrogen (secondary N) is 1. The van der Waals surface area contributed by atoms with Crippen molar-refractivity contribution in [1.82, 2.24) is 10.2 Å². The predicted octanol–water partition coefficient (Wildman–Crippen LogP) is 2.04. The maximum atomic E-state index is 5.77. The highest BCUT2D eigenvalue weighted by atomic mass is 16.5. The van der Waals surface area contributed by atoms with Crippen molar-refractivity contribution in [3.63, 3.8) is 0 Å². The molecule has 4 heteroatoms. The molecule has 2 aliphatic rings. The topological polar surface area (TPSA) is 33.7 Å². The first kappa shape index (κ1) is 16.2. The van der Waals surface area contributed by atoms with Crippen molar-refractivity contribution < 1.29 is 9.47 Å². The van der Waals surface area contributed by atoms with Gasteiger partial charge in [-0.15, -0.1) is 0 Å². The van der Waals surface area contributed by atoms with Gasteiger partial charge in [0.1, 0.15) is 0 Å². The monoisotopic (exact) mass is 284 g/mol. The highest BCUT2D eigenvalue weighted by molar-refractivity contribution is 4.99. The lowest BCUT2D eigenvalue weighted by Crippen LogP contribution is -2.65. The summed E-state index contributed by atoms with van der Waals surface area (Å²) >= 11 is 0. The Morgan fingerprint density at radius 2 is 1.95 bits per heavy atom. The van der Waals surface area contributed by atoms with Crippen LogP contribution in [0.2, 0.25) is 0 Å². The fourth-order valence-corrected chi connectivity index (χ4v) is 3.68. The lowest BCUT2D eigenvalue weighted by molar-refractivity contribution is -0.0108. The molecule has 0 aromatic carbocycles. The number of nitrogens with zero attached hydrogens (tertiary/aromatic N) is 1. The van der Waals surface area contributed by atoms with Crippen molar-refractivity contribution in [2.75, 3.05) is 46.6 Å². The zero-order chi connectivity index (χ0) is 14.3. The summed E-state index contributed by atoms with van der Waals surface area (Å²) in [6, 6.07) is 0.607. The molecular formula is C16H32N2O2. The van der Waals surface area contributed by atoms with Crippen molar-refractivity contribution in [1.29, 1.82) is 0 Å². The Bertz CT molecular complexity index is 267. The van der Waals surface area contributed by atoms with Crippen LogP contribution in [-0.2, 0) is 9.47 Å². The van der Waals surface area contributed by atoms with E-state index in [1.54, 1.807) is 7.11 Å². The zero-order valence-corrected chi connectivity index (χ0v) is 13.3. The van der Waals surface area contributed by atoms with E-state index in [0.29, 0.717) is 11.6 Å². The molecule has 1 saturated heterocycles. The van der Waals surface area contributed by atoms with Gasteiger partial charge in [-0.05, 0) is 26.2 Å². The molecular weight excluding hydrogens is 252 g/mol. The van der Waals surface area contributed by atoms with E-state index >= 15 is 0 Å². The van der Waals surface area contributed by atoms with Gasteiger partial charge in [0.2, 0.25) is 0 Å². The third-order valence-corrected chi connectivity index (χ3v) is 4.87. The molecule has 0 aromatic heterocycles. The van der Waals surface area contributed by atoms with Gasteiger partial charge in [-0.25, -0.2) is 0 Å². The summed E-state index contributed by atoms with van der Waals surface area (Å²) in [6.45, 7) is 8.19. The van der Waals surface area contributed by atoms with Crippen molar-refractivity contribution in [2.45, 2.75) is 57.0 Å². The van der Waals surface area contributed by atoms with Crippen molar-refractivity contribution in [3.05, 3.63) is 0 Å². The molecule has 1 aliphatic heterocycles. The third kappa shape index (κ3) is 4.42. The number of rotatable bonds is 7. The quantitative estimate of drug-likeness (QED) is 0.725. The fraction of sp³-hybridized carbons (Fsp3) is 1.00. The standard InChI is InChI=1S/C16H32N2O2/c1-15-13-18(9-12-20-11-6-10-19-2)16(14-17-15)7-4-3-5-8-16/h15,17H,3-14H2,1-2H3. The minimum Gasteiger partial charge on any atom is -0.385 e. The van der Waals surface area contributed by atoms with Crippen LogP contribution in [0.3, 0.4) is 0 Å². The predicted molar refractivity (Wildman–Crippen MR) is 82.2 cm³/mol. The molecule has 1 atom stereocenters. The average Bonchev–Trinajstić information content (AvgIpc) is 2.47. The maximum absolute atomic E-state index is 5.77. The summed E-state index contributed by atoms with van der Waals surface area (Å²) in [5, 5.41) is 3.69. The van der Waals surface area contributed by atoms with Gasteiger partial charge in [-0.1, -0.05) is 19.3 Å². The van der Waals surface area contributed by atoms with E-state index in [1.807, 2.05) is 0 Å². The van der Waals surface area contributed by atoms with E-state index in [2.05, 4.69) is 17.1 Å². The zero-order valence-electron chi connectivity index (χ0n) is 13.3. The molecule has 1 heterocycles. The Kier molecular flexibility index (Phi) is 6.75.